The third-order valence-corrected chi connectivity index (χ3v) is 2.75. The lowest BCUT2D eigenvalue weighted by atomic mass is 10.0. The number of rotatable bonds is 6. The summed E-state index contributed by atoms with van der Waals surface area (Å²) >= 11 is 0. The molecule has 98 valence electrons. The zero-order chi connectivity index (χ0) is 12.8. The lowest BCUT2D eigenvalue weighted by Crippen LogP contribution is -2.45. The maximum absolute atomic E-state index is 11.7. The van der Waals surface area contributed by atoms with E-state index >= 15 is 0 Å². The number of likely N-dealkylation sites (N-methyl/N-ethyl adjacent to an activating group) is 1. The summed E-state index contributed by atoms with van der Waals surface area (Å²) in [6.45, 7) is 0.957. The molecule has 3 N–H and O–H groups in total. The first-order chi connectivity index (χ1) is 8.07. The highest BCUT2D eigenvalue weighted by molar-refractivity contribution is 5.79. The molecule has 1 aliphatic heterocycles. The summed E-state index contributed by atoms with van der Waals surface area (Å²) in [7, 11) is 1.56. The van der Waals surface area contributed by atoms with E-state index < -0.39 is 17.9 Å². The van der Waals surface area contributed by atoms with Crippen molar-refractivity contribution in [2.75, 3.05) is 40.0 Å². The number of nitrogens with two attached hydrogens (primary N) is 1. The van der Waals surface area contributed by atoms with Crippen molar-refractivity contribution >= 4 is 11.9 Å². The van der Waals surface area contributed by atoms with Crippen molar-refractivity contribution in [2.24, 2.45) is 11.7 Å². The second-order valence-electron chi connectivity index (χ2n) is 3.90. The molecule has 2 atom stereocenters. The topological polar surface area (TPSA) is 102 Å². The fourth-order valence-electron chi connectivity index (χ4n) is 1.69. The Bertz CT molecular complexity index is 284. The van der Waals surface area contributed by atoms with E-state index in [0.29, 0.717) is 13.2 Å². The Morgan fingerprint density at radius 2 is 2.24 bits per heavy atom. The zero-order valence-corrected chi connectivity index (χ0v) is 9.80. The number of ether oxygens (including phenoxy) is 2. The molecular weight excluding hydrogens is 228 g/mol. The van der Waals surface area contributed by atoms with Gasteiger partial charge in [-0.2, -0.15) is 0 Å². The molecular formula is C10H18N2O5. The van der Waals surface area contributed by atoms with E-state index in [-0.39, 0.29) is 25.7 Å². The van der Waals surface area contributed by atoms with Crippen LogP contribution >= 0.6 is 0 Å². The van der Waals surface area contributed by atoms with Crippen LogP contribution in [-0.4, -0.2) is 67.9 Å². The summed E-state index contributed by atoms with van der Waals surface area (Å²) in [6, 6.07) is -0.429. The molecule has 0 saturated carbocycles. The van der Waals surface area contributed by atoms with Crippen LogP contribution in [0.25, 0.3) is 0 Å². The normalized spacial score (nSPS) is 23.6. The van der Waals surface area contributed by atoms with Crippen molar-refractivity contribution in [3.63, 3.8) is 0 Å². The maximum atomic E-state index is 11.7. The summed E-state index contributed by atoms with van der Waals surface area (Å²) in [4.78, 5) is 24.0. The Morgan fingerprint density at radius 3 is 2.82 bits per heavy atom. The van der Waals surface area contributed by atoms with E-state index in [2.05, 4.69) is 0 Å². The van der Waals surface area contributed by atoms with Gasteiger partial charge in [0.1, 0.15) is 12.5 Å². The number of carbonyl (C=O) groups is 2. The SMILES string of the molecule is CN(C(=O)COCCN)C1COCC1C(=O)O. The number of amides is 1. The molecule has 0 bridgehead atoms. The summed E-state index contributed by atoms with van der Waals surface area (Å²) in [6.07, 6.45) is 0. The van der Waals surface area contributed by atoms with Crippen molar-refractivity contribution in [3.05, 3.63) is 0 Å². The van der Waals surface area contributed by atoms with Crippen LogP contribution in [0.5, 0.6) is 0 Å². The molecule has 0 aromatic rings. The lowest BCUT2D eigenvalue weighted by molar-refractivity contribution is -0.145. The molecule has 7 nitrogen and oxygen atoms in total. The molecule has 17 heavy (non-hydrogen) atoms. The molecule has 7 heteroatoms. The minimum atomic E-state index is -0.949. The van der Waals surface area contributed by atoms with Gasteiger partial charge in [0.15, 0.2) is 0 Å². The van der Waals surface area contributed by atoms with Crippen LogP contribution < -0.4 is 5.73 Å². The van der Waals surface area contributed by atoms with Gasteiger partial charge >= 0.3 is 5.97 Å². The van der Waals surface area contributed by atoms with E-state index in [4.69, 9.17) is 20.3 Å². The van der Waals surface area contributed by atoms with Crippen LogP contribution in [0.1, 0.15) is 0 Å². The molecule has 0 radical (unpaired) electrons. The van der Waals surface area contributed by atoms with Gasteiger partial charge in [0.2, 0.25) is 5.91 Å². The third-order valence-electron chi connectivity index (χ3n) is 2.75. The van der Waals surface area contributed by atoms with Crippen LogP contribution in [0.15, 0.2) is 0 Å². The second kappa shape index (κ2) is 6.53. The summed E-state index contributed by atoms with van der Waals surface area (Å²) < 4.78 is 10.1. The van der Waals surface area contributed by atoms with Crippen molar-refractivity contribution in [2.45, 2.75) is 6.04 Å². The van der Waals surface area contributed by atoms with Gasteiger partial charge in [-0.15, -0.1) is 0 Å². The average molecular weight is 246 g/mol. The first-order valence-electron chi connectivity index (χ1n) is 5.42. The van der Waals surface area contributed by atoms with Crippen molar-refractivity contribution in [1.82, 2.24) is 4.90 Å². The smallest absolute Gasteiger partial charge is 0.311 e. The van der Waals surface area contributed by atoms with Crippen molar-refractivity contribution < 1.29 is 24.2 Å². The van der Waals surface area contributed by atoms with Crippen LogP contribution in [0.4, 0.5) is 0 Å². The number of hydrogen-bond acceptors (Lipinski definition) is 5. The number of aliphatic carboxylic acids is 1. The fraction of sp³-hybridized carbons (Fsp3) is 0.800. The average Bonchev–Trinajstić information content (AvgIpc) is 2.77. The molecule has 2 unspecified atom stereocenters. The lowest BCUT2D eigenvalue weighted by Gasteiger charge is -2.26. The highest BCUT2D eigenvalue weighted by Crippen LogP contribution is 2.19. The zero-order valence-electron chi connectivity index (χ0n) is 9.80. The first kappa shape index (κ1) is 13.9. The number of carboxylic acid groups (broad SMARTS) is 1. The van der Waals surface area contributed by atoms with Gasteiger partial charge in [-0.1, -0.05) is 0 Å². The third kappa shape index (κ3) is 3.65. The number of hydrogen-bond donors (Lipinski definition) is 2. The van der Waals surface area contributed by atoms with Gasteiger partial charge < -0.3 is 25.2 Å². The summed E-state index contributed by atoms with van der Waals surface area (Å²) in [5, 5.41) is 8.96. The van der Waals surface area contributed by atoms with E-state index in [1.807, 2.05) is 0 Å². The standard InChI is InChI=1S/C10H18N2O5/c1-12(9(13)6-16-3-2-11)8-5-17-4-7(8)10(14)15/h7-8H,2-6,11H2,1H3,(H,14,15). The Kier molecular flexibility index (Phi) is 5.33. The van der Waals surface area contributed by atoms with Gasteiger partial charge in [0.05, 0.1) is 25.9 Å². The highest BCUT2D eigenvalue weighted by Gasteiger charge is 2.38. The number of carboxylic acids is 1. The van der Waals surface area contributed by atoms with Crippen LogP contribution in [0.2, 0.25) is 0 Å². The molecule has 1 fully saturated rings. The summed E-state index contributed by atoms with van der Waals surface area (Å²) in [5.41, 5.74) is 5.23. The van der Waals surface area contributed by atoms with E-state index in [0.717, 1.165) is 0 Å². The molecule has 0 spiro atoms. The van der Waals surface area contributed by atoms with Crippen molar-refractivity contribution in [1.29, 1.82) is 0 Å². The minimum Gasteiger partial charge on any atom is -0.481 e. The van der Waals surface area contributed by atoms with E-state index in [9.17, 15) is 9.59 Å². The van der Waals surface area contributed by atoms with Crippen LogP contribution in [-0.2, 0) is 19.1 Å². The number of carbonyl (C=O) groups excluding carboxylic acids is 1. The Balaban J connectivity index is 2.47. The van der Waals surface area contributed by atoms with Crippen molar-refractivity contribution in [3.8, 4) is 0 Å². The molecule has 1 aliphatic rings. The fourth-order valence-corrected chi connectivity index (χ4v) is 1.69. The molecule has 1 saturated heterocycles. The van der Waals surface area contributed by atoms with Gasteiger partial charge in [-0.3, -0.25) is 9.59 Å². The molecule has 1 rings (SSSR count). The van der Waals surface area contributed by atoms with E-state index in [1.54, 1.807) is 7.05 Å². The minimum absolute atomic E-state index is 0.0868. The van der Waals surface area contributed by atoms with Gasteiger partial charge in [0, 0.05) is 13.6 Å². The molecule has 0 aromatic carbocycles. The monoisotopic (exact) mass is 246 g/mol. The Labute approximate surface area is 99.5 Å². The molecule has 0 aromatic heterocycles. The highest BCUT2D eigenvalue weighted by atomic mass is 16.5. The van der Waals surface area contributed by atoms with Crippen LogP contribution in [0, 0.1) is 5.92 Å². The predicted molar refractivity (Wildman–Crippen MR) is 58.4 cm³/mol. The first-order valence-corrected chi connectivity index (χ1v) is 5.42. The molecule has 1 heterocycles. The second-order valence-corrected chi connectivity index (χ2v) is 3.90. The maximum Gasteiger partial charge on any atom is 0.311 e. The number of nitrogens with zero attached hydrogens (tertiary/aromatic N) is 1. The summed E-state index contributed by atoms with van der Waals surface area (Å²) in [5.74, 6) is -1.88. The molecule has 0 aliphatic carbocycles. The predicted octanol–water partition coefficient (Wildman–Crippen LogP) is -1.48. The molecule has 1 amide bonds. The van der Waals surface area contributed by atoms with Gasteiger partial charge in [-0.05, 0) is 0 Å². The van der Waals surface area contributed by atoms with E-state index in [1.165, 1.54) is 4.90 Å². The van der Waals surface area contributed by atoms with Gasteiger partial charge in [0.25, 0.3) is 0 Å². The Hall–Kier alpha value is -1.18. The largest absolute Gasteiger partial charge is 0.481 e. The van der Waals surface area contributed by atoms with Gasteiger partial charge in [-0.25, -0.2) is 0 Å². The van der Waals surface area contributed by atoms with Crippen LogP contribution in [0.3, 0.4) is 0 Å². The Morgan fingerprint density at radius 1 is 1.53 bits per heavy atom. The quantitative estimate of drug-likeness (QED) is 0.554.